The lowest BCUT2D eigenvalue weighted by Crippen LogP contribution is -2.51. The number of rotatable bonds is 4. The molecule has 1 unspecified atom stereocenters. The molecule has 0 spiro atoms. The smallest absolute Gasteiger partial charge is 0.0192 e. The van der Waals surface area contributed by atoms with Gasteiger partial charge in [-0.2, -0.15) is 0 Å². The highest BCUT2D eigenvalue weighted by molar-refractivity contribution is 4.95. The first-order chi connectivity index (χ1) is 6.78. The van der Waals surface area contributed by atoms with Crippen LogP contribution in [0.4, 0.5) is 0 Å². The molecule has 1 heterocycles. The lowest BCUT2D eigenvalue weighted by molar-refractivity contribution is 0.161. The summed E-state index contributed by atoms with van der Waals surface area (Å²) in [6, 6.07) is 0.747. The summed E-state index contributed by atoms with van der Waals surface area (Å²) in [4.78, 5) is 2.68. The van der Waals surface area contributed by atoms with E-state index >= 15 is 0 Å². The molecule has 0 bridgehead atoms. The Morgan fingerprint density at radius 1 is 1.36 bits per heavy atom. The maximum absolute atomic E-state index is 3.58. The van der Waals surface area contributed by atoms with Crippen LogP contribution in [-0.2, 0) is 0 Å². The van der Waals surface area contributed by atoms with Crippen molar-refractivity contribution in [2.24, 2.45) is 5.41 Å². The van der Waals surface area contributed by atoms with Gasteiger partial charge in [-0.3, -0.25) is 4.90 Å². The van der Waals surface area contributed by atoms with Crippen LogP contribution in [0, 0.1) is 5.41 Å². The number of nitrogens with one attached hydrogen (secondary N) is 1. The van der Waals surface area contributed by atoms with Crippen molar-refractivity contribution in [1.82, 2.24) is 10.2 Å². The zero-order valence-electron chi connectivity index (χ0n) is 9.68. The number of piperazine rings is 1. The first kappa shape index (κ1) is 10.4. The van der Waals surface area contributed by atoms with E-state index in [1.54, 1.807) is 0 Å². The van der Waals surface area contributed by atoms with Gasteiger partial charge >= 0.3 is 0 Å². The Kier molecular flexibility index (Phi) is 3.13. The zero-order valence-corrected chi connectivity index (χ0v) is 9.68. The van der Waals surface area contributed by atoms with Gasteiger partial charge in [0.15, 0.2) is 0 Å². The highest BCUT2D eigenvalue weighted by Crippen LogP contribution is 2.49. The van der Waals surface area contributed by atoms with E-state index in [9.17, 15) is 0 Å². The van der Waals surface area contributed by atoms with E-state index in [1.807, 2.05) is 0 Å². The van der Waals surface area contributed by atoms with Crippen molar-refractivity contribution in [2.45, 2.75) is 45.6 Å². The fraction of sp³-hybridized carbons (Fsp3) is 1.00. The standard InChI is InChI=1S/C12H24N2/c1-3-11-9-14(8-7-13-11)10-12(4-2)5-6-12/h11,13H,3-10H2,1-2H3. The summed E-state index contributed by atoms with van der Waals surface area (Å²) >= 11 is 0. The molecule has 2 nitrogen and oxygen atoms in total. The molecule has 0 aromatic heterocycles. The Bertz CT molecular complexity index is 187. The molecule has 1 atom stereocenters. The number of hydrogen-bond acceptors (Lipinski definition) is 2. The Morgan fingerprint density at radius 2 is 2.14 bits per heavy atom. The molecule has 2 heteroatoms. The summed E-state index contributed by atoms with van der Waals surface area (Å²) in [6.07, 6.45) is 5.61. The topological polar surface area (TPSA) is 15.3 Å². The van der Waals surface area contributed by atoms with Crippen LogP contribution in [0.1, 0.15) is 39.5 Å². The van der Waals surface area contributed by atoms with E-state index < -0.39 is 0 Å². The summed E-state index contributed by atoms with van der Waals surface area (Å²) in [6.45, 7) is 9.73. The van der Waals surface area contributed by atoms with Gasteiger partial charge in [0.25, 0.3) is 0 Å². The molecule has 1 aliphatic heterocycles. The van der Waals surface area contributed by atoms with Crippen LogP contribution in [0.15, 0.2) is 0 Å². The molecule has 0 aromatic rings. The first-order valence-electron chi connectivity index (χ1n) is 6.24. The van der Waals surface area contributed by atoms with Gasteiger partial charge < -0.3 is 5.32 Å². The summed E-state index contributed by atoms with van der Waals surface area (Å²) in [5.74, 6) is 0. The Labute approximate surface area is 88.1 Å². The molecule has 1 N–H and O–H groups in total. The number of nitrogens with zero attached hydrogens (tertiary/aromatic N) is 1. The summed E-state index contributed by atoms with van der Waals surface area (Å²) in [7, 11) is 0. The van der Waals surface area contributed by atoms with Gasteiger partial charge in [0.05, 0.1) is 0 Å². The predicted octanol–water partition coefficient (Wildman–Crippen LogP) is 1.86. The lowest BCUT2D eigenvalue weighted by atomic mass is 10.0. The highest BCUT2D eigenvalue weighted by Gasteiger charge is 2.42. The molecule has 0 aromatic carbocycles. The molecule has 0 radical (unpaired) electrons. The Balaban J connectivity index is 1.80. The normalized spacial score (nSPS) is 31.7. The Hall–Kier alpha value is -0.0800. The van der Waals surface area contributed by atoms with Crippen molar-refractivity contribution in [3.8, 4) is 0 Å². The molecule has 2 rings (SSSR count). The van der Waals surface area contributed by atoms with Crippen molar-refractivity contribution in [1.29, 1.82) is 0 Å². The van der Waals surface area contributed by atoms with E-state index in [1.165, 1.54) is 51.9 Å². The Morgan fingerprint density at radius 3 is 2.71 bits per heavy atom. The van der Waals surface area contributed by atoms with Gasteiger partial charge in [-0.15, -0.1) is 0 Å². The second-order valence-corrected chi connectivity index (χ2v) is 5.15. The van der Waals surface area contributed by atoms with Crippen molar-refractivity contribution in [3.63, 3.8) is 0 Å². The average molecular weight is 196 g/mol. The third kappa shape index (κ3) is 2.29. The van der Waals surface area contributed by atoms with E-state index in [2.05, 4.69) is 24.1 Å². The van der Waals surface area contributed by atoms with Gasteiger partial charge in [0.2, 0.25) is 0 Å². The highest BCUT2D eigenvalue weighted by atomic mass is 15.2. The van der Waals surface area contributed by atoms with E-state index in [4.69, 9.17) is 0 Å². The number of hydrogen-bond donors (Lipinski definition) is 1. The van der Waals surface area contributed by atoms with Crippen LogP contribution >= 0.6 is 0 Å². The van der Waals surface area contributed by atoms with Crippen molar-refractivity contribution >= 4 is 0 Å². The van der Waals surface area contributed by atoms with E-state index in [-0.39, 0.29) is 0 Å². The summed E-state index contributed by atoms with van der Waals surface area (Å²) in [5.41, 5.74) is 0.732. The van der Waals surface area contributed by atoms with Crippen LogP contribution in [0.2, 0.25) is 0 Å². The molecule has 1 saturated heterocycles. The van der Waals surface area contributed by atoms with Crippen LogP contribution in [0.3, 0.4) is 0 Å². The summed E-state index contributed by atoms with van der Waals surface area (Å²) in [5, 5.41) is 3.58. The van der Waals surface area contributed by atoms with E-state index in [0.717, 1.165) is 11.5 Å². The van der Waals surface area contributed by atoms with Crippen LogP contribution in [-0.4, -0.2) is 37.1 Å². The van der Waals surface area contributed by atoms with Crippen molar-refractivity contribution < 1.29 is 0 Å². The molecule has 0 amide bonds. The average Bonchev–Trinajstić information content (AvgIpc) is 2.99. The van der Waals surface area contributed by atoms with Crippen molar-refractivity contribution in [2.75, 3.05) is 26.2 Å². The molecular formula is C12H24N2. The van der Waals surface area contributed by atoms with Gasteiger partial charge in [-0.05, 0) is 31.1 Å². The molecule has 1 saturated carbocycles. The second kappa shape index (κ2) is 4.19. The van der Waals surface area contributed by atoms with Crippen LogP contribution in [0.25, 0.3) is 0 Å². The summed E-state index contributed by atoms with van der Waals surface area (Å²) < 4.78 is 0. The molecule has 82 valence electrons. The van der Waals surface area contributed by atoms with Gasteiger partial charge in [-0.25, -0.2) is 0 Å². The maximum atomic E-state index is 3.58. The molecule has 14 heavy (non-hydrogen) atoms. The van der Waals surface area contributed by atoms with Crippen LogP contribution in [0.5, 0.6) is 0 Å². The molecular weight excluding hydrogens is 172 g/mol. The molecule has 2 fully saturated rings. The SMILES string of the molecule is CCC1CN(CC2(CC)CC2)CCN1. The minimum atomic E-state index is 0.732. The monoisotopic (exact) mass is 196 g/mol. The quantitative estimate of drug-likeness (QED) is 0.738. The molecule has 2 aliphatic rings. The van der Waals surface area contributed by atoms with Crippen molar-refractivity contribution in [3.05, 3.63) is 0 Å². The van der Waals surface area contributed by atoms with Gasteiger partial charge in [0, 0.05) is 32.2 Å². The lowest BCUT2D eigenvalue weighted by Gasteiger charge is -2.35. The van der Waals surface area contributed by atoms with Gasteiger partial charge in [-0.1, -0.05) is 13.8 Å². The minimum Gasteiger partial charge on any atom is -0.311 e. The minimum absolute atomic E-state index is 0.732. The molecule has 1 aliphatic carbocycles. The second-order valence-electron chi connectivity index (χ2n) is 5.15. The maximum Gasteiger partial charge on any atom is 0.0192 e. The third-order valence-electron chi connectivity index (χ3n) is 4.10. The fourth-order valence-corrected chi connectivity index (χ4v) is 2.59. The first-order valence-corrected chi connectivity index (χ1v) is 6.24. The van der Waals surface area contributed by atoms with Crippen LogP contribution < -0.4 is 5.32 Å². The fourth-order valence-electron chi connectivity index (χ4n) is 2.59. The largest absolute Gasteiger partial charge is 0.311 e. The van der Waals surface area contributed by atoms with Gasteiger partial charge in [0.1, 0.15) is 0 Å². The third-order valence-corrected chi connectivity index (χ3v) is 4.10. The zero-order chi connectivity index (χ0) is 10.0. The van der Waals surface area contributed by atoms with E-state index in [0.29, 0.717) is 0 Å². The predicted molar refractivity (Wildman–Crippen MR) is 60.5 cm³/mol.